The van der Waals surface area contributed by atoms with Crippen LogP contribution in [0.3, 0.4) is 0 Å². The maximum Gasteiger partial charge on any atom is 0.277 e. The minimum absolute atomic E-state index is 0.203. The zero-order chi connectivity index (χ0) is 17.6. The fourth-order valence-corrected chi connectivity index (χ4v) is 3.38. The minimum Gasteiger partial charge on any atom is -0.323 e. The molecule has 0 radical (unpaired) electrons. The number of amides is 1. The molecule has 0 aliphatic heterocycles. The molecule has 3 aromatic rings. The van der Waals surface area contributed by atoms with Gasteiger partial charge in [0.05, 0.1) is 0 Å². The van der Waals surface area contributed by atoms with Crippen molar-refractivity contribution in [1.82, 2.24) is 9.97 Å². The summed E-state index contributed by atoms with van der Waals surface area (Å²) in [6, 6.07) is 17.7. The van der Waals surface area contributed by atoms with Crippen LogP contribution >= 0.6 is 23.4 Å². The Morgan fingerprint density at radius 2 is 1.80 bits per heavy atom. The lowest BCUT2D eigenvalue weighted by Crippen LogP contribution is -2.12. The van der Waals surface area contributed by atoms with Crippen molar-refractivity contribution in [2.75, 3.05) is 5.32 Å². The topological polar surface area (TPSA) is 57.8 Å². The number of hydrogen-bond donors (Lipinski definition) is 2. The third-order valence-corrected chi connectivity index (χ3v) is 4.91. The van der Waals surface area contributed by atoms with E-state index in [1.807, 2.05) is 30.3 Å². The number of nitrogens with one attached hydrogen (secondary N) is 2. The molecule has 0 atom stereocenters. The summed E-state index contributed by atoms with van der Waals surface area (Å²) in [6.07, 6.45) is 1.03. The molecule has 1 aromatic heterocycles. The van der Waals surface area contributed by atoms with Gasteiger partial charge in [-0.1, -0.05) is 72.8 Å². The van der Waals surface area contributed by atoms with Crippen LogP contribution in [0, 0.1) is 0 Å². The normalized spacial score (nSPS) is 10.6. The van der Waals surface area contributed by atoms with E-state index in [1.165, 1.54) is 22.9 Å². The molecule has 0 saturated carbocycles. The molecule has 0 spiro atoms. The second-order valence-corrected chi connectivity index (χ2v) is 6.83. The van der Waals surface area contributed by atoms with Crippen molar-refractivity contribution in [2.45, 2.75) is 24.3 Å². The first-order valence-electron chi connectivity index (χ1n) is 7.98. The van der Waals surface area contributed by atoms with E-state index < -0.39 is 0 Å². The third kappa shape index (κ3) is 4.65. The zero-order valence-electron chi connectivity index (χ0n) is 13.8. The molecule has 0 aliphatic carbocycles. The molecule has 1 amide bonds. The predicted octanol–water partition coefficient (Wildman–Crippen LogP) is 5.17. The zero-order valence-corrected chi connectivity index (χ0v) is 15.3. The average Bonchev–Trinajstić information content (AvgIpc) is 3.02. The Kier molecular flexibility index (Phi) is 5.79. The highest BCUT2D eigenvalue weighted by Gasteiger charge is 2.16. The second kappa shape index (κ2) is 8.23. The second-order valence-electron chi connectivity index (χ2n) is 5.48. The van der Waals surface area contributed by atoms with Crippen molar-refractivity contribution >= 4 is 35.0 Å². The molecular weight excluding hydrogens is 354 g/mol. The van der Waals surface area contributed by atoms with Gasteiger partial charge in [-0.2, -0.15) is 0 Å². The highest BCUT2D eigenvalue weighted by molar-refractivity contribution is 7.98. The molecule has 0 fully saturated rings. The number of imidazole rings is 1. The van der Waals surface area contributed by atoms with Gasteiger partial charge < -0.3 is 10.3 Å². The number of rotatable bonds is 6. The molecular formula is C19H18ClN3OS. The predicted molar refractivity (Wildman–Crippen MR) is 103 cm³/mol. The molecule has 0 unspecified atom stereocenters. The number of carbonyl (C=O) groups is 1. The highest BCUT2D eigenvalue weighted by atomic mass is 35.5. The molecule has 3 rings (SSSR count). The van der Waals surface area contributed by atoms with Crippen LogP contribution in [-0.4, -0.2) is 15.9 Å². The van der Waals surface area contributed by atoms with Gasteiger partial charge in [0.2, 0.25) is 0 Å². The number of benzene rings is 2. The number of para-hydroxylation sites is 1. The lowest BCUT2D eigenvalue weighted by molar-refractivity contribution is 0.102. The monoisotopic (exact) mass is 371 g/mol. The number of anilines is 1. The van der Waals surface area contributed by atoms with Gasteiger partial charge in [-0.15, -0.1) is 0 Å². The first-order chi connectivity index (χ1) is 12.2. The van der Waals surface area contributed by atoms with Gasteiger partial charge in [-0.3, -0.25) is 4.79 Å². The van der Waals surface area contributed by atoms with Crippen LogP contribution < -0.4 is 5.32 Å². The first-order valence-corrected chi connectivity index (χ1v) is 9.34. The maximum atomic E-state index is 12.3. The van der Waals surface area contributed by atoms with Gasteiger partial charge in [-0.05, 0) is 29.7 Å². The Bertz CT molecular complexity index is 847. The molecule has 0 saturated heterocycles. The van der Waals surface area contributed by atoms with E-state index >= 15 is 0 Å². The number of halogens is 1. The highest BCUT2D eigenvalue weighted by Crippen LogP contribution is 2.24. The van der Waals surface area contributed by atoms with E-state index in [9.17, 15) is 4.79 Å². The Morgan fingerprint density at radius 1 is 1.12 bits per heavy atom. The van der Waals surface area contributed by atoms with Crippen LogP contribution in [-0.2, 0) is 12.2 Å². The molecule has 2 N–H and O–H groups in total. The van der Waals surface area contributed by atoms with Crippen LogP contribution in [0.15, 0.2) is 59.8 Å². The van der Waals surface area contributed by atoms with E-state index in [2.05, 4.69) is 46.5 Å². The van der Waals surface area contributed by atoms with Crippen LogP contribution in [0.25, 0.3) is 0 Å². The molecule has 25 heavy (non-hydrogen) atoms. The van der Waals surface area contributed by atoms with Crippen LogP contribution in [0.2, 0.25) is 5.15 Å². The summed E-state index contributed by atoms with van der Waals surface area (Å²) < 4.78 is 0. The Hall–Kier alpha value is -2.24. The van der Waals surface area contributed by atoms with Gasteiger partial charge in [-0.25, -0.2) is 4.98 Å². The van der Waals surface area contributed by atoms with Crippen molar-refractivity contribution in [3.05, 3.63) is 76.6 Å². The standard InChI is InChI=1S/C19H18ClN3OS/c1-2-13-8-10-14(11-9-13)12-25-19-22-16(17(20)23-19)18(24)21-15-6-4-3-5-7-15/h3-11H,2,12H2,1H3,(H,21,24)(H,22,23). The summed E-state index contributed by atoms with van der Waals surface area (Å²) in [6.45, 7) is 2.14. The van der Waals surface area contributed by atoms with Gasteiger partial charge in [0.15, 0.2) is 10.9 Å². The van der Waals surface area contributed by atoms with Gasteiger partial charge in [0.1, 0.15) is 5.15 Å². The van der Waals surface area contributed by atoms with Crippen molar-refractivity contribution < 1.29 is 4.79 Å². The molecule has 0 aliphatic rings. The van der Waals surface area contributed by atoms with Crippen molar-refractivity contribution in [2.24, 2.45) is 0 Å². The first kappa shape index (κ1) is 17.6. The molecule has 6 heteroatoms. The van der Waals surface area contributed by atoms with Crippen molar-refractivity contribution in [3.63, 3.8) is 0 Å². The van der Waals surface area contributed by atoms with Gasteiger partial charge in [0, 0.05) is 11.4 Å². The lowest BCUT2D eigenvalue weighted by atomic mass is 10.1. The van der Waals surface area contributed by atoms with Crippen LogP contribution in [0.1, 0.15) is 28.5 Å². The summed E-state index contributed by atoms with van der Waals surface area (Å²) in [5.41, 5.74) is 3.42. The Morgan fingerprint density at radius 3 is 2.48 bits per heavy atom. The number of thioether (sulfide) groups is 1. The largest absolute Gasteiger partial charge is 0.323 e. The summed E-state index contributed by atoms with van der Waals surface area (Å²) in [5, 5.41) is 3.66. The Balaban J connectivity index is 1.64. The molecule has 2 aromatic carbocycles. The number of hydrogen-bond acceptors (Lipinski definition) is 3. The number of aryl methyl sites for hydroxylation is 1. The van der Waals surface area contributed by atoms with E-state index in [4.69, 9.17) is 11.6 Å². The maximum absolute atomic E-state index is 12.3. The number of H-pyrrole nitrogens is 1. The van der Waals surface area contributed by atoms with E-state index in [0.717, 1.165) is 12.2 Å². The number of aromatic nitrogens is 2. The summed E-state index contributed by atoms with van der Waals surface area (Å²) in [4.78, 5) is 19.6. The van der Waals surface area contributed by atoms with Gasteiger partial charge in [0.25, 0.3) is 5.91 Å². The molecule has 0 bridgehead atoms. The third-order valence-electron chi connectivity index (χ3n) is 3.69. The summed E-state index contributed by atoms with van der Waals surface area (Å²) in [7, 11) is 0. The smallest absolute Gasteiger partial charge is 0.277 e. The molecule has 1 heterocycles. The number of aromatic amines is 1. The quantitative estimate of drug-likeness (QED) is 0.587. The van der Waals surface area contributed by atoms with E-state index in [0.29, 0.717) is 10.8 Å². The fourth-order valence-electron chi connectivity index (χ4n) is 2.29. The van der Waals surface area contributed by atoms with Crippen molar-refractivity contribution in [1.29, 1.82) is 0 Å². The fraction of sp³-hybridized carbons (Fsp3) is 0.158. The SMILES string of the molecule is CCc1ccc(CSc2nc(C(=O)Nc3ccccc3)c(Cl)[nH]2)cc1. The Labute approximate surface area is 156 Å². The summed E-state index contributed by atoms with van der Waals surface area (Å²) in [5.74, 6) is 0.430. The van der Waals surface area contributed by atoms with Crippen LogP contribution in [0.5, 0.6) is 0 Å². The lowest BCUT2D eigenvalue weighted by Gasteiger charge is -2.02. The van der Waals surface area contributed by atoms with E-state index in [1.54, 1.807) is 0 Å². The number of carbonyl (C=O) groups excluding carboxylic acids is 1. The average molecular weight is 372 g/mol. The van der Waals surface area contributed by atoms with Gasteiger partial charge >= 0.3 is 0 Å². The van der Waals surface area contributed by atoms with E-state index in [-0.39, 0.29) is 16.8 Å². The van der Waals surface area contributed by atoms with Crippen LogP contribution in [0.4, 0.5) is 5.69 Å². The number of nitrogens with zero attached hydrogens (tertiary/aromatic N) is 1. The molecule has 128 valence electrons. The molecule has 4 nitrogen and oxygen atoms in total. The summed E-state index contributed by atoms with van der Waals surface area (Å²) >= 11 is 7.65. The minimum atomic E-state index is -0.327. The van der Waals surface area contributed by atoms with Crippen molar-refractivity contribution in [3.8, 4) is 0 Å².